The third-order valence-electron chi connectivity index (χ3n) is 2.43. The molecule has 2 N–H and O–H groups in total. The van der Waals surface area contributed by atoms with E-state index in [1.54, 1.807) is 36.4 Å². The summed E-state index contributed by atoms with van der Waals surface area (Å²) in [5.41, 5.74) is 2.55. The molecule has 0 saturated heterocycles. The minimum atomic E-state index is -0.888. The molecule has 7 heteroatoms. The van der Waals surface area contributed by atoms with Crippen LogP contribution in [0.15, 0.2) is 52.2 Å². The molecule has 0 radical (unpaired) electrons. The molecule has 0 saturated carbocycles. The van der Waals surface area contributed by atoms with E-state index in [1.807, 2.05) is 0 Å². The zero-order valence-corrected chi connectivity index (χ0v) is 11.2. The maximum absolute atomic E-state index is 11.6. The molecule has 2 amide bonds. The fourth-order valence-electron chi connectivity index (χ4n) is 1.46. The number of nitrogens with zero attached hydrogens (tertiary/aromatic N) is 1. The summed E-state index contributed by atoms with van der Waals surface area (Å²) in [5.74, 6) is -0.687. The molecule has 0 aliphatic carbocycles. The lowest BCUT2D eigenvalue weighted by Crippen LogP contribution is -2.32. The summed E-state index contributed by atoms with van der Waals surface area (Å²) in [6.45, 7) is 0. The van der Waals surface area contributed by atoms with Crippen molar-refractivity contribution in [1.82, 2.24) is 5.43 Å². The zero-order chi connectivity index (χ0) is 15.1. The molecule has 1 aromatic carbocycles. The molecule has 2 aromatic rings. The van der Waals surface area contributed by atoms with Crippen LogP contribution >= 0.6 is 0 Å². The van der Waals surface area contributed by atoms with Crippen molar-refractivity contribution in [1.29, 1.82) is 0 Å². The average Bonchev–Trinajstić information content (AvgIpc) is 3.00. The summed E-state index contributed by atoms with van der Waals surface area (Å²) in [4.78, 5) is 23.2. The standard InChI is InChI=1S/C14H13N3O4/c1-20-11-5-2-4-10(8-11)16-13(18)14(19)17-15-9-12-6-3-7-21-12/h2-9H,1H3,(H,16,18)(H,17,19)/b15-9-. The number of carbonyl (C=O) groups is 2. The maximum Gasteiger partial charge on any atom is 0.329 e. The van der Waals surface area contributed by atoms with E-state index in [-0.39, 0.29) is 0 Å². The zero-order valence-electron chi connectivity index (χ0n) is 11.2. The molecule has 108 valence electrons. The van der Waals surface area contributed by atoms with Gasteiger partial charge in [-0.05, 0) is 24.3 Å². The van der Waals surface area contributed by atoms with Crippen LogP contribution in [-0.2, 0) is 9.59 Å². The van der Waals surface area contributed by atoms with Gasteiger partial charge in [-0.1, -0.05) is 6.07 Å². The van der Waals surface area contributed by atoms with Crippen molar-refractivity contribution in [3.8, 4) is 5.75 Å². The number of hydrogen-bond donors (Lipinski definition) is 2. The van der Waals surface area contributed by atoms with Crippen LogP contribution in [0, 0.1) is 0 Å². The number of nitrogens with one attached hydrogen (secondary N) is 2. The van der Waals surface area contributed by atoms with Crippen molar-refractivity contribution in [3.63, 3.8) is 0 Å². The second kappa shape index (κ2) is 6.90. The lowest BCUT2D eigenvalue weighted by atomic mass is 10.3. The third kappa shape index (κ3) is 4.20. The van der Waals surface area contributed by atoms with E-state index in [1.165, 1.54) is 19.6 Å². The van der Waals surface area contributed by atoms with Crippen LogP contribution in [0.25, 0.3) is 0 Å². The van der Waals surface area contributed by atoms with Crippen molar-refractivity contribution in [2.45, 2.75) is 0 Å². The highest BCUT2D eigenvalue weighted by atomic mass is 16.5. The lowest BCUT2D eigenvalue weighted by Gasteiger charge is -2.05. The first kappa shape index (κ1) is 14.3. The summed E-state index contributed by atoms with van der Waals surface area (Å²) in [5, 5.41) is 6.04. The second-order valence-electron chi connectivity index (χ2n) is 3.90. The SMILES string of the molecule is COc1cccc(NC(=O)C(=O)N/N=C\c2ccco2)c1. The Bertz CT molecular complexity index is 650. The molecule has 2 rings (SSSR count). The predicted molar refractivity (Wildman–Crippen MR) is 76.1 cm³/mol. The number of hydrazone groups is 1. The topological polar surface area (TPSA) is 92.9 Å². The van der Waals surface area contributed by atoms with Crippen molar-refractivity contribution in [3.05, 3.63) is 48.4 Å². The van der Waals surface area contributed by atoms with Crippen molar-refractivity contribution in [2.75, 3.05) is 12.4 Å². The Morgan fingerprint density at radius 3 is 2.81 bits per heavy atom. The van der Waals surface area contributed by atoms with Crippen LogP contribution < -0.4 is 15.5 Å². The Morgan fingerprint density at radius 1 is 1.24 bits per heavy atom. The molecule has 0 aliphatic rings. The smallest absolute Gasteiger partial charge is 0.329 e. The van der Waals surface area contributed by atoms with E-state index >= 15 is 0 Å². The van der Waals surface area contributed by atoms with E-state index in [4.69, 9.17) is 9.15 Å². The number of hydrogen-bond acceptors (Lipinski definition) is 5. The molecule has 0 unspecified atom stereocenters. The van der Waals surface area contributed by atoms with E-state index in [2.05, 4.69) is 15.8 Å². The Kier molecular flexibility index (Phi) is 4.70. The van der Waals surface area contributed by atoms with E-state index < -0.39 is 11.8 Å². The quantitative estimate of drug-likeness (QED) is 0.504. The van der Waals surface area contributed by atoms with Crippen molar-refractivity contribution < 1.29 is 18.7 Å². The van der Waals surface area contributed by atoms with Gasteiger partial charge in [-0.3, -0.25) is 9.59 Å². The molecular weight excluding hydrogens is 274 g/mol. The number of ether oxygens (including phenoxy) is 1. The van der Waals surface area contributed by atoms with Gasteiger partial charge in [-0.2, -0.15) is 5.10 Å². The Morgan fingerprint density at radius 2 is 2.10 bits per heavy atom. The molecule has 0 atom stereocenters. The van der Waals surface area contributed by atoms with Crippen LogP contribution in [0.1, 0.15) is 5.76 Å². The number of rotatable bonds is 4. The van der Waals surface area contributed by atoms with Crippen LogP contribution in [0.2, 0.25) is 0 Å². The van der Waals surface area contributed by atoms with Crippen LogP contribution in [0.3, 0.4) is 0 Å². The number of benzene rings is 1. The maximum atomic E-state index is 11.6. The summed E-state index contributed by atoms with van der Waals surface area (Å²) in [6.07, 6.45) is 2.76. The molecular formula is C14H13N3O4. The first-order valence-electron chi connectivity index (χ1n) is 6.01. The fourth-order valence-corrected chi connectivity index (χ4v) is 1.46. The lowest BCUT2D eigenvalue weighted by molar-refractivity contribution is -0.136. The summed E-state index contributed by atoms with van der Waals surface area (Å²) in [6, 6.07) is 9.99. The highest BCUT2D eigenvalue weighted by Crippen LogP contribution is 2.16. The Hall–Kier alpha value is -3.09. The number of anilines is 1. The van der Waals surface area contributed by atoms with Crippen molar-refractivity contribution >= 4 is 23.7 Å². The molecule has 0 fully saturated rings. The number of amides is 2. The van der Waals surface area contributed by atoms with E-state index in [0.717, 1.165) is 0 Å². The van der Waals surface area contributed by atoms with Crippen LogP contribution in [0.4, 0.5) is 5.69 Å². The molecule has 0 bridgehead atoms. The summed E-state index contributed by atoms with van der Waals surface area (Å²) >= 11 is 0. The summed E-state index contributed by atoms with van der Waals surface area (Å²) in [7, 11) is 1.51. The fraction of sp³-hybridized carbons (Fsp3) is 0.0714. The Balaban J connectivity index is 1.88. The number of methoxy groups -OCH3 is 1. The minimum absolute atomic E-state index is 0.449. The number of furan rings is 1. The Labute approximate surface area is 120 Å². The van der Waals surface area contributed by atoms with Gasteiger partial charge in [0.2, 0.25) is 0 Å². The predicted octanol–water partition coefficient (Wildman–Crippen LogP) is 1.38. The normalized spacial score (nSPS) is 10.3. The van der Waals surface area contributed by atoms with Gasteiger partial charge in [0.1, 0.15) is 11.5 Å². The van der Waals surface area contributed by atoms with Gasteiger partial charge in [0, 0.05) is 11.8 Å². The average molecular weight is 287 g/mol. The third-order valence-corrected chi connectivity index (χ3v) is 2.43. The van der Waals surface area contributed by atoms with E-state index in [0.29, 0.717) is 17.2 Å². The first-order valence-corrected chi connectivity index (χ1v) is 6.01. The van der Waals surface area contributed by atoms with Gasteiger partial charge in [-0.15, -0.1) is 0 Å². The van der Waals surface area contributed by atoms with Gasteiger partial charge in [0.15, 0.2) is 0 Å². The highest BCUT2D eigenvalue weighted by Gasteiger charge is 2.13. The molecule has 21 heavy (non-hydrogen) atoms. The highest BCUT2D eigenvalue weighted by molar-refractivity contribution is 6.39. The van der Waals surface area contributed by atoms with Crippen LogP contribution in [-0.4, -0.2) is 25.1 Å². The molecule has 7 nitrogen and oxygen atoms in total. The minimum Gasteiger partial charge on any atom is -0.497 e. The molecule has 1 heterocycles. The van der Waals surface area contributed by atoms with E-state index in [9.17, 15) is 9.59 Å². The molecule has 0 aliphatic heterocycles. The van der Waals surface area contributed by atoms with Gasteiger partial charge < -0.3 is 14.5 Å². The monoisotopic (exact) mass is 287 g/mol. The molecule has 1 aromatic heterocycles. The summed E-state index contributed by atoms with van der Waals surface area (Å²) < 4.78 is 10.00. The van der Waals surface area contributed by atoms with Gasteiger partial charge >= 0.3 is 11.8 Å². The molecule has 0 spiro atoms. The number of carbonyl (C=O) groups excluding carboxylic acids is 2. The second-order valence-corrected chi connectivity index (χ2v) is 3.90. The largest absolute Gasteiger partial charge is 0.497 e. The first-order chi connectivity index (χ1) is 10.2. The van der Waals surface area contributed by atoms with Gasteiger partial charge in [-0.25, -0.2) is 5.43 Å². The van der Waals surface area contributed by atoms with Gasteiger partial charge in [0.25, 0.3) is 0 Å². The van der Waals surface area contributed by atoms with Crippen LogP contribution in [0.5, 0.6) is 5.75 Å². The van der Waals surface area contributed by atoms with Gasteiger partial charge in [0.05, 0.1) is 19.6 Å². The van der Waals surface area contributed by atoms with Crippen molar-refractivity contribution in [2.24, 2.45) is 5.10 Å².